The molecule has 0 N–H and O–H groups in total. The number of carbonyl (C=O) groups is 1. The van der Waals surface area contributed by atoms with Crippen LogP contribution < -0.4 is 14.2 Å². The number of aryl methyl sites for hydroxylation is 1. The van der Waals surface area contributed by atoms with Gasteiger partial charge in [0.15, 0.2) is 11.5 Å². The molecule has 202 valence electrons. The molecule has 7 nitrogen and oxygen atoms in total. The number of hydrogen-bond donors (Lipinski definition) is 0. The molecule has 1 fully saturated rings. The first-order valence-electron chi connectivity index (χ1n) is 13.7. The monoisotopic (exact) mass is 525 g/mol. The zero-order valence-corrected chi connectivity index (χ0v) is 22.6. The first kappa shape index (κ1) is 25.3. The molecule has 3 heterocycles. The highest BCUT2D eigenvalue weighted by molar-refractivity contribution is 5.86. The van der Waals surface area contributed by atoms with E-state index in [1.807, 2.05) is 23.1 Å². The van der Waals surface area contributed by atoms with Gasteiger partial charge in [0.25, 0.3) is 0 Å². The highest BCUT2D eigenvalue weighted by Gasteiger charge is 2.28. The van der Waals surface area contributed by atoms with Crippen LogP contribution in [-0.2, 0) is 17.9 Å². The van der Waals surface area contributed by atoms with Crippen LogP contribution in [0.2, 0.25) is 0 Å². The third-order valence-corrected chi connectivity index (χ3v) is 7.98. The van der Waals surface area contributed by atoms with E-state index >= 15 is 0 Å². The van der Waals surface area contributed by atoms with Crippen molar-refractivity contribution in [1.29, 1.82) is 0 Å². The molecule has 0 radical (unpaired) electrons. The van der Waals surface area contributed by atoms with Crippen molar-refractivity contribution in [2.45, 2.75) is 32.4 Å². The van der Waals surface area contributed by atoms with Gasteiger partial charge in [-0.2, -0.15) is 0 Å². The Bertz CT molecular complexity index is 1470. The fourth-order valence-electron chi connectivity index (χ4n) is 5.84. The Labute approximate surface area is 229 Å². The van der Waals surface area contributed by atoms with Crippen molar-refractivity contribution < 1.29 is 19.0 Å². The van der Waals surface area contributed by atoms with E-state index in [2.05, 4.69) is 71.1 Å². The van der Waals surface area contributed by atoms with Crippen molar-refractivity contribution in [3.63, 3.8) is 0 Å². The Morgan fingerprint density at radius 1 is 0.949 bits per heavy atom. The number of para-hydroxylation sites is 1. The van der Waals surface area contributed by atoms with E-state index < -0.39 is 0 Å². The summed E-state index contributed by atoms with van der Waals surface area (Å²) in [6.45, 7) is 7.31. The second-order valence-electron chi connectivity index (χ2n) is 10.3. The number of nitrogens with zero attached hydrogens (tertiary/aromatic N) is 3. The maximum Gasteiger partial charge on any atom is 0.231 e. The molecule has 2 aliphatic rings. The van der Waals surface area contributed by atoms with E-state index in [0.29, 0.717) is 6.42 Å². The van der Waals surface area contributed by atoms with Gasteiger partial charge in [-0.1, -0.05) is 36.4 Å². The fraction of sp³-hybridized carbons (Fsp3) is 0.344. The minimum absolute atomic E-state index is 0.0584. The Morgan fingerprint density at radius 2 is 1.77 bits per heavy atom. The van der Waals surface area contributed by atoms with Crippen LogP contribution in [0, 0.1) is 0 Å². The summed E-state index contributed by atoms with van der Waals surface area (Å²) < 4.78 is 18.8. The zero-order chi connectivity index (χ0) is 26.8. The predicted molar refractivity (Wildman–Crippen MR) is 151 cm³/mol. The number of aromatic nitrogens is 1. The largest absolute Gasteiger partial charge is 0.497 e. The van der Waals surface area contributed by atoms with Crippen LogP contribution in [0.4, 0.5) is 0 Å². The topological polar surface area (TPSA) is 56.2 Å². The number of piperazine rings is 1. The zero-order valence-electron chi connectivity index (χ0n) is 22.6. The molecule has 39 heavy (non-hydrogen) atoms. The van der Waals surface area contributed by atoms with Gasteiger partial charge in [-0.05, 0) is 53.9 Å². The molecule has 1 amide bonds. The van der Waals surface area contributed by atoms with Crippen molar-refractivity contribution in [1.82, 2.24) is 14.4 Å². The summed E-state index contributed by atoms with van der Waals surface area (Å²) in [6.07, 6.45) is 2.65. The number of ether oxygens (including phenoxy) is 3. The molecule has 7 heteroatoms. The summed E-state index contributed by atoms with van der Waals surface area (Å²) >= 11 is 0. The minimum atomic E-state index is -0.0584. The predicted octanol–water partition coefficient (Wildman–Crippen LogP) is 5.26. The van der Waals surface area contributed by atoms with E-state index in [1.54, 1.807) is 7.11 Å². The van der Waals surface area contributed by atoms with Crippen LogP contribution in [0.25, 0.3) is 10.9 Å². The molecule has 0 saturated carbocycles. The number of fused-ring (bicyclic) bond motifs is 2. The Balaban J connectivity index is 1.19. The lowest BCUT2D eigenvalue weighted by atomic mass is 9.87. The lowest BCUT2D eigenvalue weighted by Crippen LogP contribution is -2.48. The molecule has 4 aromatic rings. The molecule has 1 atom stereocenters. The normalized spacial score (nSPS) is 16.0. The van der Waals surface area contributed by atoms with Crippen LogP contribution >= 0.6 is 0 Å². The molecule has 0 aliphatic carbocycles. The summed E-state index contributed by atoms with van der Waals surface area (Å²) in [5, 5.41) is 1.20. The van der Waals surface area contributed by atoms with Crippen molar-refractivity contribution in [2.24, 2.45) is 0 Å². The van der Waals surface area contributed by atoms with Crippen molar-refractivity contribution in [2.75, 3.05) is 40.1 Å². The smallest absolute Gasteiger partial charge is 0.231 e. The molecule has 0 bridgehead atoms. The van der Waals surface area contributed by atoms with Gasteiger partial charge in [0, 0.05) is 68.7 Å². The molecule has 0 unspecified atom stereocenters. The number of rotatable bonds is 8. The first-order valence-corrected chi connectivity index (χ1v) is 13.7. The van der Waals surface area contributed by atoms with Crippen LogP contribution in [-0.4, -0.2) is 60.4 Å². The molecule has 1 saturated heterocycles. The quantitative estimate of drug-likeness (QED) is 0.314. The Kier molecular flexibility index (Phi) is 7.16. The molecular weight excluding hydrogens is 490 g/mol. The third-order valence-electron chi connectivity index (χ3n) is 7.98. The average molecular weight is 526 g/mol. The lowest BCUT2D eigenvalue weighted by molar-refractivity contribution is -0.133. The maximum absolute atomic E-state index is 13.8. The highest BCUT2D eigenvalue weighted by atomic mass is 16.7. The van der Waals surface area contributed by atoms with Gasteiger partial charge < -0.3 is 23.7 Å². The van der Waals surface area contributed by atoms with E-state index in [9.17, 15) is 4.79 Å². The maximum atomic E-state index is 13.8. The van der Waals surface area contributed by atoms with Crippen LogP contribution in [0.1, 0.15) is 36.0 Å². The first-order chi connectivity index (χ1) is 19.1. The fourth-order valence-corrected chi connectivity index (χ4v) is 5.84. The molecule has 6 rings (SSSR count). The van der Waals surface area contributed by atoms with Crippen LogP contribution in [0.15, 0.2) is 72.9 Å². The van der Waals surface area contributed by atoms with Gasteiger partial charge in [0.05, 0.1) is 7.11 Å². The summed E-state index contributed by atoms with van der Waals surface area (Å²) in [5.74, 6) is 2.56. The number of methoxy groups -OCH3 is 1. The summed E-state index contributed by atoms with van der Waals surface area (Å²) in [4.78, 5) is 18.2. The van der Waals surface area contributed by atoms with Crippen molar-refractivity contribution >= 4 is 16.8 Å². The summed E-state index contributed by atoms with van der Waals surface area (Å²) in [7, 11) is 1.69. The van der Waals surface area contributed by atoms with Gasteiger partial charge in [-0.15, -0.1) is 0 Å². The average Bonchev–Trinajstić information content (AvgIpc) is 3.60. The van der Waals surface area contributed by atoms with Gasteiger partial charge in [-0.3, -0.25) is 9.69 Å². The van der Waals surface area contributed by atoms with Gasteiger partial charge >= 0.3 is 0 Å². The van der Waals surface area contributed by atoms with Gasteiger partial charge in [0.1, 0.15) is 5.75 Å². The van der Waals surface area contributed by atoms with Crippen LogP contribution in [0.3, 0.4) is 0 Å². The van der Waals surface area contributed by atoms with Crippen molar-refractivity contribution in [3.05, 3.63) is 89.6 Å². The highest BCUT2D eigenvalue weighted by Crippen LogP contribution is 2.37. The van der Waals surface area contributed by atoms with E-state index in [4.69, 9.17) is 14.2 Å². The SMILES string of the molecule is CCn1cc([C@H](CC(=O)N2CCN(Cc3ccc4c(c3)OCO4)CC2)c2cccc(OC)c2)c2ccccc21. The molecule has 3 aromatic carbocycles. The Morgan fingerprint density at radius 3 is 2.59 bits per heavy atom. The second kappa shape index (κ2) is 11.0. The summed E-state index contributed by atoms with van der Waals surface area (Å²) in [5.41, 5.74) is 4.69. The minimum Gasteiger partial charge on any atom is -0.497 e. The lowest BCUT2D eigenvalue weighted by Gasteiger charge is -2.35. The third kappa shape index (κ3) is 5.19. The second-order valence-corrected chi connectivity index (χ2v) is 10.3. The standard InChI is InChI=1S/C32H35N3O4/c1-3-34-21-28(26-9-4-5-10-29(26)34)27(24-7-6-8-25(18-24)37-2)19-32(36)35-15-13-33(14-16-35)20-23-11-12-30-31(17-23)39-22-38-30/h4-12,17-18,21,27H,3,13-16,19-20,22H2,1-2H3/t27-/m1/s1. The number of benzene rings is 3. The van der Waals surface area contributed by atoms with Crippen LogP contribution in [0.5, 0.6) is 17.2 Å². The van der Waals surface area contributed by atoms with Gasteiger partial charge in [0.2, 0.25) is 12.7 Å². The number of hydrogen-bond acceptors (Lipinski definition) is 5. The summed E-state index contributed by atoms with van der Waals surface area (Å²) in [6, 6.07) is 22.8. The molecule has 1 aromatic heterocycles. The molecular formula is C32H35N3O4. The molecule has 0 spiro atoms. The van der Waals surface area contributed by atoms with E-state index in [0.717, 1.165) is 62.1 Å². The van der Waals surface area contributed by atoms with E-state index in [1.165, 1.54) is 22.0 Å². The Hall–Kier alpha value is -3.97. The van der Waals surface area contributed by atoms with E-state index in [-0.39, 0.29) is 18.6 Å². The number of amides is 1. The van der Waals surface area contributed by atoms with Gasteiger partial charge in [-0.25, -0.2) is 0 Å². The van der Waals surface area contributed by atoms with Crippen molar-refractivity contribution in [3.8, 4) is 17.2 Å². The molecule has 2 aliphatic heterocycles. The number of carbonyl (C=O) groups excluding carboxylic acids is 1.